The summed E-state index contributed by atoms with van der Waals surface area (Å²) in [5.74, 6) is 2.09. The lowest BCUT2D eigenvalue weighted by molar-refractivity contribution is -0.114. The fourth-order valence-corrected chi connectivity index (χ4v) is 1.25. The van der Waals surface area contributed by atoms with Crippen molar-refractivity contribution in [3.63, 3.8) is 0 Å². The SMILES string of the molecule is CC/C=C\C(N)=C(/C)O.N#C[B]CC(=O)Nc1ccc(N)c(N)n1. The average molecular weight is 329 g/mol. The van der Waals surface area contributed by atoms with Crippen molar-refractivity contribution >= 4 is 30.5 Å². The number of allylic oxidation sites excluding steroid dienone is 3. The minimum Gasteiger partial charge on any atom is -0.510 e. The number of carbonyl (C=O) groups is 1. The zero-order valence-electron chi connectivity index (χ0n) is 13.8. The number of nitrogen functional groups attached to an aromatic ring is 2. The van der Waals surface area contributed by atoms with Crippen LogP contribution in [0.4, 0.5) is 17.3 Å². The molecule has 1 radical (unpaired) electrons. The number of aliphatic hydroxyl groups excluding tert-OH is 1. The molecule has 0 fully saturated rings. The number of rotatable bonds is 5. The zero-order chi connectivity index (χ0) is 18.5. The summed E-state index contributed by atoms with van der Waals surface area (Å²) in [5, 5.41) is 19.5. The van der Waals surface area contributed by atoms with Gasteiger partial charge in [0.2, 0.25) is 5.91 Å². The van der Waals surface area contributed by atoms with Gasteiger partial charge in [-0.15, -0.1) is 0 Å². The molecule has 8 nitrogen and oxygen atoms in total. The van der Waals surface area contributed by atoms with Gasteiger partial charge in [0.1, 0.15) is 17.4 Å². The summed E-state index contributed by atoms with van der Waals surface area (Å²) in [6.07, 6.45) is 4.56. The molecule has 1 rings (SSSR count). The Bertz CT molecular complexity index is 648. The van der Waals surface area contributed by atoms with Crippen molar-refractivity contribution in [3.8, 4) is 5.97 Å². The first kappa shape index (κ1) is 20.9. The molecule has 0 atom stereocenters. The highest BCUT2D eigenvalue weighted by Crippen LogP contribution is 2.14. The summed E-state index contributed by atoms with van der Waals surface area (Å²) < 4.78 is 0. The predicted molar refractivity (Wildman–Crippen MR) is 96.8 cm³/mol. The summed E-state index contributed by atoms with van der Waals surface area (Å²) in [7, 11) is 1.19. The first-order valence-corrected chi connectivity index (χ1v) is 7.16. The molecule has 1 aromatic heterocycles. The first-order chi connectivity index (χ1) is 11.3. The van der Waals surface area contributed by atoms with Crippen molar-refractivity contribution < 1.29 is 9.90 Å². The lowest BCUT2D eigenvalue weighted by Gasteiger charge is -2.04. The molecular formula is C15H22BN6O2. The van der Waals surface area contributed by atoms with E-state index >= 15 is 0 Å². The van der Waals surface area contributed by atoms with Gasteiger partial charge >= 0.3 is 0 Å². The summed E-state index contributed by atoms with van der Waals surface area (Å²) in [6.45, 7) is 3.58. The van der Waals surface area contributed by atoms with Crippen LogP contribution in [-0.4, -0.2) is 23.3 Å². The van der Waals surface area contributed by atoms with Crippen LogP contribution >= 0.6 is 0 Å². The van der Waals surface area contributed by atoms with Gasteiger partial charge in [0, 0.05) is 6.32 Å². The second-order valence-electron chi connectivity index (χ2n) is 4.61. The van der Waals surface area contributed by atoms with Crippen molar-refractivity contribution in [3.05, 3.63) is 35.7 Å². The Morgan fingerprint density at radius 1 is 1.50 bits per heavy atom. The number of hydrogen-bond acceptors (Lipinski definition) is 7. The van der Waals surface area contributed by atoms with Crippen molar-refractivity contribution in [2.24, 2.45) is 5.73 Å². The fraction of sp³-hybridized carbons (Fsp3) is 0.267. The van der Waals surface area contributed by atoms with Crippen LogP contribution in [0.2, 0.25) is 6.32 Å². The Balaban J connectivity index is 0.000000506. The molecule has 1 amide bonds. The molecular weight excluding hydrogens is 307 g/mol. The van der Waals surface area contributed by atoms with Crippen LogP contribution in [0.25, 0.3) is 0 Å². The maximum Gasteiger partial charge on any atom is 0.264 e. The number of carbonyl (C=O) groups excluding carboxylic acids is 1. The maximum absolute atomic E-state index is 11.2. The smallest absolute Gasteiger partial charge is 0.264 e. The van der Waals surface area contributed by atoms with E-state index in [1.54, 1.807) is 25.0 Å². The number of anilines is 3. The van der Waals surface area contributed by atoms with Crippen LogP contribution in [0.15, 0.2) is 35.7 Å². The van der Waals surface area contributed by atoms with E-state index in [-0.39, 0.29) is 23.8 Å². The number of amides is 1. The molecule has 0 saturated carbocycles. The number of aromatic nitrogens is 1. The number of pyridine rings is 1. The number of nitrogens with one attached hydrogen (secondary N) is 1. The quantitative estimate of drug-likeness (QED) is 0.310. The van der Waals surface area contributed by atoms with E-state index in [9.17, 15) is 4.79 Å². The second-order valence-corrected chi connectivity index (χ2v) is 4.61. The first-order valence-electron chi connectivity index (χ1n) is 7.16. The highest BCUT2D eigenvalue weighted by Gasteiger charge is 2.05. The molecule has 0 bridgehead atoms. The van der Waals surface area contributed by atoms with Gasteiger partial charge in [0.15, 0.2) is 0 Å². The summed E-state index contributed by atoms with van der Waals surface area (Å²) in [5.41, 5.74) is 17.0. The molecule has 0 saturated heterocycles. The van der Waals surface area contributed by atoms with Crippen molar-refractivity contribution in [2.45, 2.75) is 26.6 Å². The van der Waals surface area contributed by atoms with Gasteiger partial charge in [-0.1, -0.05) is 13.0 Å². The van der Waals surface area contributed by atoms with Crippen LogP contribution < -0.4 is 22.5 Å². The average Bonchev–Trinajstić information content (AvgIpc) is 2.54. The number of nitrogens with two attached hydrogens (primary N) is 3. The van der Waals surface area contributed by atoms with Crippen LogP contribution in [0, 0.1) is 11.2 Å². The van der Waals surface area contributed by atoms with Crippen molar-refractivity contribution in [1.29, 1.82) is 5.26 Å². The van der Waals surface area contributed by atoms with Crippen molar-refractivity contribution in [1.82, 2.24) is 4.98 Å². The Hall–Kier alpha value is -3.15. The highest BCUT2D eigenvalue weighted by molar-refractivity contribution is 6.50. The predicted octanol–water partition coefficient (Wildman–Crippen LogP) is 1.49. The van der Waals surface area contributed by atoms with Crippen molar-refractivity contribution in [2.75, 3.05) is 16.8 Å². The number of nitrogens with zero attached hydrogens (tertiary/aromatic N) is 2. The molecule has 0 aromatic carbocycles. The molecule has 127 valence electrons. The van der Waals surface area contributed by atoms with Crippen LogP contribution in [0.1, 0.15) is 20.3 Å². The Morgan fingerprint density at radius 2 is 2.17 bits per heavy atom. The van der Waals surface area contributed by atoms with Gasteiger partial charge in [0.25, 0.3) is 7.28 Å². The summed E-state index contributed by atoms with van der Waals surface area (Å²) in [6, 6.07) is 3.09. The molecule has 0 aliphatic rings. The van der Waals surface area contributed by atoms with Gasteiger partial charge in [-0.05, 0) is 37.5 Å². The summed E-state index contributed by atoms with van der Waals surface area (Å²) >= 11 is 0. The largest absolute Gasteiger partial charge is 0.510 e. The van der Waals surface area contributed by atoms with Crippen LogP contribution in [0.3, 0.4) is 0 Å². The lowest BCUT2D eigenvalue weighted by Crippen LogP contribution is -2.14. The Kier molecular flexibility index (Phi) is 9.93. The maximum atomic E-state index is 11.2. The highest BCUT2D eigenvalue weighted by atomic mass is 16.3. The minimum atomic E-state index is -0.326. The van der Waals surface area contributed by atoms with E-state index in [0.717, 1.165) is 6.42 Å². The monoisotopic (exact) mass is 329 g/mol. The number of hydrogen-bond donors (Lipinski definition) is 5. The standard InChI is InChI=1S/C8H9BN5O.C7H13NO/c10-4-9-3-7(15)13-6-2-1-5(11)8(12)14-6;1-3-4-5-7(8)6(2)9/h1-2H,3,11H2,(H3,12,13,14,15);4-5,9H,3,8H2,1-2H3/b;5-4-,7-6-. The van der Waals surface area contributed by atoms with Gasteiger partial charge in [-0.2, -0.15) is 0 Å². The molecule has 0 aliphatic heterocycles. The Morgan fingerprint density at radius 3 is 2.67 bits per heavy atom. The van der Waals surface area contributed by atoms with E-state index in [1.165, 1.54) is 13.3 Å². The van der Waals surface area contributed by atoms with E-state index in [0.29, 0.717) is 17.2 Å². The van der Waals surface area contributed by atoms with Gasteiger partial charge < -0.3 is 27.6 Å². The molecule has 0 unspecified atom stereocenters. The number of aliphatic hydroxyl groups is 1. The van der Waals surface area contributed by atoms with Crippen LogP contribution in [-0.2, 0) is 4.79 Å². The molecule has 8 N–H and O–H groups in total. The normalized spacial score (nSPS) is 10.9. The topological polar surface area (TPSA) is 164 Å². The molecule has 0 spiro atoms. The van der Waals surface area contributed by atoms with Gasteiger partial charge in [0.05, 0.1) is 11.4 Å². The fourth-order valence-electron chi connectivity index (χ4n) is 1.25. The van der Waals surface area contributed by atoms with E-state index in [1.807, 2.05) is 13.0 Å². The molecule has 1 aromatic rings. The van der Waals surface area contributed by atoms with Crippen LogP contribution in [0.5, 0.6) is 0 Å². The minimum absolute atomic E-state index is 0.0163. The third kappa shape index (κ3) is 8.99. The third-order valence-electron chi connectivity index (χ3n) is 2.55. The van der Waals surface area contributed by atoms with E-state index in [2.05, 4.69) is 10.3 Å². The number of nitriles is 1. The zero-order valence-corrected chi connectivity index (χ0v) is 13.8. The molecule has 0 aliphatic carbocycles. The van der Waals surface area contributed by atoms with E-state index in [4.69, 9.17) is 27.6 Å². The molecule has 1 heterocycles. The van der Waals surface area contributed by atoms with E-state index < -0.39 is 0 Å². The second kappa shape index (κ2) is 11.4. The van der Waals surface area contributed by atoms with Gasteiger partial charge in [-0.25, -0.2) is 10.2 Å². The third-order valence-corrected chi connectivity index (χ3v) is 2.55. The lowest BCUT2D eigenvalue weighted by atomic mass is 9.77. The molecule has 9 heteroatoms. The summed E-state index contributed by atoms with van der Waals surface area (Å²) in [4.78, 5) is 15.0. The molecule has 24 heavy (non-hydrogen) atoms. The Labute approximate surface area is 142 Å². The van der Waals surface area contributed by atoms with Gasteiger partial charge in [-0.3, -0.25) is 4.79 Å².